The van der Waals surface area contributed by atoms with Crippen molar-refractivity contribution in [2.75, 3.05) is 5.73 Å². The lowest BCUT2D eigenvalue weighted by molar-refractivity contribution is -0.385. The third-order valence-corrected chi connectivity index (χ3v) is 2.98. The molecule has 0 aliphatic rings. The molecule has 9 heteroatoms. The van der Waals surface area contributed by atoms with Gasteiger partial charge in [-0.15, -0.1) is 0 Å². The highest BCUT2D eigenvalue weighted by Gasteiger charge is 2.27. The second-order valence-electron chi connectivity index (χ2n) is 3.24. The van der Waals surface area contributed by atoms with Gasteiger partial charge in [0.25, 0.3) is 5.69 Å². The van der Waals surface area contributed by atoms with Crippen LogP contribution < -0.4 is 5.73 Å². The van der Waals surface area contributed by atoms with E-state index in [-0.39, 0.29) is 27.1 Å². The molecular formula is C9H6N4O4S. The summed E-state index contributed by atoms with van der Waals surface area (Å²) in [4.78, 5) is 24.2. The Balaban J connectivity index is 2.69. The minimum Gasteiger partial charge on any atom is -0.375 e. The van der Waals surface area contributed by atoms with Gasteiger partial charge in [-0.25, -0.2) is 4.98 Å². The standard InChI is InChI=1S/C9H6N4O4S/c10-9-11-7(8(18-9)13(16)17)5-3-1-2-4-6(5)12(14)15/h1-4H,(H2,10,11). The molecule has 0 unspecified atom stereocenters. The molecule has 0 saturated heterocycles. The van der Waals surface area contributed by atoms with Gasteiger partial charge in [0, 0.05) is 6.07 Å². The highest BCUT2D eigenvalue weighted by atomic mass is 32.1. The smallest absolute Gasteiger partial charge is 0.353 e. The van der Waals surface area contributed by atoms with Crippen LogP contribution in [0.1, 0.15) is 0 Å². The van der Waals surface area contributed by atoms with Crippen LogP contribution in [0, 0.1) is 20.2 Å². The van der Waals surface area contributed by atoms with Gasteiger partial charge in [-0.3, -0.25) is 20.2 Å². The van der Waals surface area contributed by atoms with Gasteiger partial charge < -0.3 is 5.73 Å². The number of nitrogens with two attached hydrogens (primary N) is 1. The lowest BCUT2D eigenvalue weighted by Crippen LogP contribution is -1.94. The third-order valence-electron chi connectivity index (χ3n) is 2.15. The maximum Gasteiger partial charge on any atom is 0.353 e. The highest BCUT2D eigenvalue weighted by Crippen LogP contribution is 2.39. The zero-order valence-corrected chi connectivity index (χ0v) is 9.59. The molecule has 2 aromatic rings. The molecule has 2 rings (SSSR count). The van der Waals surface area contributed by atoms with Gasteiger partial charge in [-0.2, -0.15) is 0 Å². The Morgan fingerprint density at radius 2 is 1.83 bits per heavy atom. The molecule has 0 spiro atoms. The van der Waals surface area contributed by atoms with E-state index in [2.05, 4.69) is 4.98 Å². The number of rotatable bonds is 3. The second kappa shape index (κ2) is 4.37. The van der Waals surface area contributed by atoms with Gasteiger partial charge in [0.1, 0.15) is 0 Å². The van der Waals surface area contributed by atoms with E-state index in [0.29, 0.717) is 11.3 Å². The van der Waals surface area contributed by atoms with Crippen LogP contribution in [0.4, 0.5) is 15.8 Å². The zero-order chi connectivity index (χ0) is 13.3. The lowest BCUT2D eigenvalue weighted by Gasteiger charge is -1.98. The summed E-state index contributed by atoms with van der Waals surface area (Å²) < 4.78 is 0. The second-order valence-corrected chi connectivity index (χ2v) is 4.25. The third kappa shape index (κ3) is 1.98. The van der Waals surface area contributed by atoms with Gasteiger partial charge in [-0.1, -0.05) is 12.1 Å². The lowest BCUT2D eigenvalue weighted by atomic mass is 10.1. The van der Waals surface area contributed by atoms with Gasteiger partial charge in [0.05, 0.1) is 15.4 Å². The number of hydrogen-bond donors (Lipinski definition) is 1. The van der Waals surface area contributed by atoms with Crippen LogP contribution in [0.25, 0.3) is 11.3 Å². The van der Waals surface area contributed by atoms with E-state index in [9.17, 15) is 20.2 Å². The number of nitro groups is 2. The van der Waals surface area contributed by atoms with Crippen molar-refractivity contribution in [3.8, 4) is 11.3 Å². The molecule has 0 saturated carbocycles. The Hall–Kier alpha value is -2.55. The van der Waals surface area contributed by atoms with Crippen LogP contribution in [0.5, 0.6) is 0 Å². The Kier molecular flexibility index (Phi) is 2.90. The Labute approximate surface area is 104 Å². The molecule has 0 aliphatic carbocycles. The predicted molar refractivity (Wildman–Crippen MR) is 65.3 cm³/mol. The van der Waals surface area contributed by atoms with Crippen molar-refractivity contribution in [2.45, 2.75) is 0 Å². The number of nitro benzene ring substituents is 1. The number of hydrogen-bond acceptors (Lipinski definition) is 7. The first-order valence-electron chi connectivity index (χ1n) is 4.65. The first kappa shape index (κ1) is 11.9. The monoisotopic (exact) mass is 266 g/mol. The molecule has 2 N–H and O–H groups in total. The quantitative estimate of drug-likeness (QED) is 0.670. The first-order valence-corrected chi connectivity index (χ1v) is 5.47. The van der Waals surface area contributed by atoms with Crippen molar-refractivity contribution in [1.29, 1.82) is 0 Å². The van der Waals surface area contributed by atoms with Crippen molar-refractivity contribution in [3.63, 3.8) is 0 Å². The molecule has 1 heterocycles. The molecule has 0 amide bonds. The highest BCUT2D eigenvalue weighted by molar-refractivity contribution is 7.19. The van der Waals surface area contributed by atoms with Crippen LogP contribution in [-0.2, 0) is 0 Å². The fourth-order valence-electron chi connectivity index (χ4n) is 1.46. The van der Waals surface area contributed by atoms with E-state index in [1.165, 1.54) is 18.2 Å². The molecule has 92 valence electrons. The molecule has 0 atom stereocenters. The molecule has 18 heavy (non-hydrogen) atoms. The topological polar surface area (TPSA) is 125 Å². The van der Waals surface area contributed by atoms with E-state index in [4.69, 9.17) is 5.73 Å². The minimum atomic E-state index is -0.653. The maximum absolute atomic E-state index is 10.9. The normalized spacial score (nSPS) is 10.2. The van der Waals surface area contributed by atoms with Crippen LogP contribution >= 0.6 is 11.3 Å². The molecule has 1 aromatic heterocycles. The number of benzene rings is 1. The van der Waals surface area contributed by atoms with Crippen LogP contribution in [0.15, 0.2) is 24.3 Å². The SMILES string of the molecule is Nc1nc(-c2ccccc2[N+](=O)[O-])c([N+](=O)[O-])s1. The van der Waals surface area contributed by atoms with Crippen molar-refractivity contribution in [3.05, 3.63) is 44.5 Å². The number of thiazole rings is 1. The summed E-state index contributed by atoms with van der Waals surface area (Å²) in [6.45, 7) is 0. The molecule has 0 fully saturated rings. The van der Waals surface area contributed by atoms with Crippen molar-refractivity contribution >= 4 is 27.2 Å². The van der Waals surface area contributed by atoms with Gasteiger partial charge >= 0.3 is 5.00 Å². The fourth-order valence-corrected chi connectivity index (χ4v) is 2.12. The van der Waals surface area contributed by atoms with Crippen LogP contribution in [0.3, 0.4) is 0 Å². The maximum atomic E-state index is 10.9. The Morgan fingerprint density at radius 3 is 2.44 bits per heavy atom. The number of nitrogen functional groups attached to an aromatic ring is 1. The summed E-state index contributed by atoms with van der Waals surface area (Å²) in [5, 5.41) is 21.4. The molecule has 0 radical (unpaired) electrons. The van der Waals surface area contributed by atoms with Crippen molar-refractivity contribution in [2.24, 2.45) is 0 Å². The van der Waals surface area contributed by atoms with E-state index in [1.807, 2.05) is 0 Å². The molecule has 8 nitrogen and oxygen atoms in total. The molecule has 0 bridgehead atoms. The molecular weight excluding hydrogens is 260 g/mol. The number of anilines is 1. The first-order chi connectivity index (χ1) is 8.50. The summed E-state index contributed by atoms with van der Waals surface area (Å²) in [6, 6.07) is 5.68. The molecule has 0 aliphatic heterocycles. The summed E-state index contributed by atoms with van der Waals surface area (Å²) in [6.07, 6.45) is 0. The Bertz CT molecular complexity index is 639. The van der Waals surface area contributed by atoms with Gasteiger partial charge in [0.15, 0.2) is 10.8 Å². The van der Waals surface area contributed by atoms with Crippen molar-refractivity contribution < 1.29 is 9.85 Å². The van der Waals surface area contributed by atoms with Gasteiger partial charge in [-0.05, 0) is 17.4 Å². The number of para-hydroxylation sites is 1. The van der Waals surface area contributed by atoms with E-state index in [1.54, 1.807) is 6.07 Å². The minimum absolute atomic E-state index is 0.00477. The number of aromatic nitrogens is 1. The summed E-state index contributed by atoms with van der Waals surface area (Å²) >= 11 is 0.683. The summed E-state index contributed by atoms with van der Waals surface area (Å²) in [5.41, 5.74) is 5.18. The Morgan fingerprint density at radius 1 is 1.17 bits per heavy atom. The van der Waals surface area contributed by atoms with E-state index in [0.717, 1.165) is 0 Å². The summed E-state index contributed by atoms with van der Waals surface area (Å²) in [5.74, 6) is 0. The zero-order valence-electron chi connectivity index (χ0n) is 8.77. The average Bonchev–Trinajstić information content (AvgIpc) is 2.71. The average molecular weight is 266 g/mol. The predicted octanol–water partition coefficient (Wildman–Crippen LogP) is 2.21. The van der Waals surface area contributed by atoms with E-state index < -0.39 is 9.85 Å². The van der Waals surface area contributed by atoms with Crippen LogP contribution in [-0.4, -0.2) is 14.8 Å². The summed E-state index contributed by atoms with van der Waals surface area (Å²) in [7, 11) is 0. The fraction of sp³-hybridized carbons (Fsp3) is 0. The van der Waals surface area contributed by atoms with Gasteiger partial charge in [0.2, 0.25) is 0 Å². The molecule has 1 aromatic carbocycles. The van der Waals surface area contributed by atoms with Crippen LogP contribution in [0.2, 0.25) is 0 Å². The van der Waals surface area contributed by atoms with E-state index >= 15 is 0 Å². The largest absolute Gasteiger partial charge is 0.375 e. The number of nitrogens with zero attached hydrogens (tertiary/aromatic N) is 3. The van der Waals surface area contributed by atoms with Crippen molar-refractivity contribution in [1.82, 2.24) is 4.98 Å².